The number of rotatable bonds is 12. The number of hydrogen-bond donors (Lipinski definition) is 3. The molecule has 0 atom stereocenters. The van der Waals surface area contributed by atoms with Crippen molar-refractivity contribution in [3.05, 3.63) is 59.1 Å². The van der Waals surface area contributed by atoms with Crippen molar-refractivity contribution in [1.82, 2.24) is 15.4 Å². The smallest absolute Gasteiger partial charge is 0.258 e. The van der Waals surface area contributed by atoms with E-state index in [9.17, 15) is 18.0 Å². The quantitative estimate of drug-likeness (QED) is 0.431. The van der Waals surface area contributed by atoms with E-state index in [4.69, 9.17) is 16.3 Å². The average Bonchev–Trinajstić information content (AvgIpc) is 3.57. The first kappa shape index (κ1) is 24.0. The number of carbonyl (C=O) groups is 2. The number of benzene rings is 2. The van der Waals surface area contributed by atoms with Gasteiger partial charge in [0.15, 0.2) is 6.61 Å². The molecule has 10 heteroatoms. The Morgan fingerprint density at radius 2 is 1.72 bits per heavy atom. The van der Waals surface area contributed by atoms with Crippen molar-refractivity contribution >= 4 is 33.4 Å². The van der Waals surface area contributed by atoms with Crippen LogP contribution < -0.4 is 20.1 Å². The largest absolute Gasteiger partial charge is 0.484 e. The third kappa shape index (κ3) is 7.81. The Balaban J connectivity index is 1.32. The summed E-state index contributed by atoms with van der Waals surface area (Å²) in [6, 6.07) is 13.7. The fraction of sp³-hybridized carbons (Fsp3) is 0.364. The summed E-state index contributed by atoms with van der Waals surface area (Å²) in [5, 5.41) is 5.75. The lowest BCUT2D eigenvalue weighted by molar-refractivity contribution is -0.123. The van der Waals surface area contributed by atoms with Crippen LogP contribution in [-0.4, -0.2) is 46.0 Å². The molecule has 1 saturated carbocycles. The number of sulfonamides is 1. The Morgan fingerprint density at radius 3 is 2.41 bits per heavy atom. The van der Waals surface area contributed by atoms with Crippen LogP contribution in [-0.2, 0) is 26.0 Å². The fourth-order valence-corrected chi connectivity index (χ4v) is 4.42. The first-order valence-corrected chi connectivity index (χ1v) is 12.2. The molecule has 2 aromatic rings. The van der Waals surface area contributed by atoms with Gasteiger partial charge in [-0.2, -0.15) is 0 Å². The fourth-order valence-electron chi connectivity index (χ4n) is 2.87. The molecular weight excluding hydrogens is 454 g/mol. The van der Waals surface area contributed by atoms with Gasteiger partial charge in [0.2, 0.25) is 15.9 Å². The van der Waals surface area contributed by atoms with Gasteiger partial charge in [-0.1, -0.05) is 35.9 Å². The van der Waals surface area contributed by atoms with E-state index in [1.807, 2.05) is 12.1 Å². The Hall–Kier alpha value is -2.62. The summed E-state index contributed by atoms with van der Waals surface area (Å²) in [6.07, 6.45) is 2.70. The molecule has 3 N–H and O–H groups in total. The predicted octanol–water partition coefficient (Wildman–Crippen LogP) is 2.02. The molecule has 0 saturated heterocycles. The average molecular weight is 480 g/mol. The molecule has 172 valence electrons. The lowest BCUT2D eigenvalue weighted by Gasteiger charge is -2.09. The lowest BCUT2D eigenvalue weighted by Crippen LogP contribution is -2.31. The van der Waals surface area contributed by atoms with E-state index in [-0.39, 0.29) is 41.3 Å². The van der Waals surface area contributed by atoms with Crippen LogP contribution in [0.1, 0.15) is 24.8 Å². The maximum atomic E-state index is 12.2. The second-order valence-electron chi connectivity index (χ2n) is 7.45. The van der Waals surface area contributed by atoms with Crippen molar-refractivity contribution in [2.24, 2.45) is 0 Å². The van der Waals surface area contributed by atoms with Crippen molar-refractivity contribution in [1.29, 1.82) is 0 Å². The zero-order chi connectivity index (χ0) is 23.0. The minimum Gasteiger partial charge on any atom is -0.484 e. The van der Waals surface area contributed by atoms with E-state index in [0.717, 1.165) is 18.4 Å². The number of halogens is 1. The minimum absolute atomic E-state index is 0.00780. The maximum Gasteiger partial charge on any atom is 0.258 e. The molecule has 8 nitrogen and oxygen atoms in total. The zero-order valence-corrected chi connectivity index (χ0v) is 19.0. The number of nitrogens with one attached hydrogen (secondary N) is 3. The molecule has 1 fully saturated rings. The predicted molar refractivity (Wildman–Crippen MR) is 121 cm³/mol. The van der Waals surface area contributed by atoms with Gasteiger partial charge < -0.3 is 15.4 Å². The van der Waals surface area contributed by atoms with Crippen LogP contribution in [0.2, 0.25) is 5.02 Å². The summed E-state index contributed by atoms with van der Waals surface area (Å²) in [6.45, 7) is 0.381. The first-order valence-electron chi connectivity index (χ1n) is 10.4. The Labute approximate surface area is 192 Å². The summed E-state index contributed by atoms with van der Waals surface area (Å²) in [7, 11) is -3.77. The van der Waals surface area contributed by atoms with Crippen molar-refractivity contribution < 1.29 is 22.7 Å². The summed E-state index contributed by atoms with van der Waals surface area (Å²) < 4.78 is 32.3. The highest BCUT2D eigenvalue weighted by atomic mass is 35.5. The van der Waals surface area contributed by atoms with Gasteiger partial charge in [-0.05, 0) is 49.1 Å². The molecule has 3 rings (SSSR count). The molecule has 32 heavy (non-hydrogen) atoms. The van der Waals surface area contributed by atoms with E-state index < -0.39 is 10.0 Å². The van der Waals surface area contributed by atoms with Gasteiger partial charge >= 0.3 is 0 Å². The highest BCUT2D eigenvalue weighted by Crippen LogP contribution is 2.20. The number of ether oxygens (including phenoxy) is 1. The minimum atomic E-state index is -3.77. The topological polar surface area (TPSA) is 114 Å². The van der Waals surface area contributed by atoms with Gasteiger partial charge in [-0.15, -0.1) is 0 Å². The van der Waals surface area contributed by atoms with Gasteiger partial charge in [0, 0.05) is 25.6 Å². The zero-order valence-electron chi connectivity index (χ0n) is 17.5. The van der Waals surface area contributed by atoms with E-state index in [0.29, 0.717) is 24.8 Å². The molecule has 0 radical (unpaired) electrons. The molecule has 1 aliphatic carbocycles. The van der Waals surface area contributed by atoms with E-state index in [1.54, 1.807) is 24.3 Å². The maximum absolute atomic E-state index is 12.2. The van der Waals surface area contributed by atoms with Crippen LogP contribution in [0.25, 0.3) is 0 Å². The van der Waals surface area contributed by atoms with Gasteiger partial charge in [0.1, 0.15) is 10.6 Å². The second-order valence-corrected chi connectivity index (χ2v) is 9.60. The van der Waals surface area contributed by atoms with Crippen LogP contribution in [0.4, 0.5) is 0 Å². The van der Waals surface area contributed by atoms with Crippen LogP contribution in [0, 0.1) is 0 Å². The SMILES string of the molecule is O=C(CCNS(=O)(=O)c1ccccc1Cl)NCCc1ccc(OCC(=O)NC2CC2)cc1. The molecule has 2 amide bonds. The molecule has 0 spiro atoms. The molecule has 0 aromatic heterocycles. The van der Waals surface area contributed by atoms with Gasteiger partial charge in [-0.3, -0.25) is 9.59 Å². The van der Waals surface area contributed by atoms with Crippen molar-refractivity contribution in [3.63, 3.8) is 0 Å². The van der Waals surface area contributed by atoms with Gasteiger partial charge in [0.05, 0.1) is 5.02 Å². The third-order valence-electron chi connectivity index (χ3n) is 4.74. The Bertz CT molecular complexity index is 1040. The molecule has 1 aliphatic rings. The normalized spacial score (nSPS) is 13.4. The summed E-state index contributed by atoms with van der Waals surface area (Å²) >= 11 is 5.91. The molecule has 0 unspecified atom stereocenters. The van der Waals surface area contributed by atoms with E-state index >= 15 is 0 Å². The van der Waals surface area contributed by atoms with Gasteiger partial charge in [0.25, 0.3) is 5.91 Å². The Kier molecular flexibility index (Phi) is 8.49. The number of carbonyl (C=O) groups excluding carboxylic acids is 2. The van der Waals surface area contributed by atoms with Crippen molar-refractivity contribution in [3.8, 4) is 5.75 Å². The highest BCUT2D eigenvalue weighted by molar-refractivity contribution is 7.89. The number of hydrogen-bond acceptors (Lipinski definition) is 5. The summed E-state index contributed by atoms with van der Waals surface area (Å²) in [5.41, 5.74) is 1.000. The molecular formula is C22H26ClN3O5S. The third-order valence-corrected chi connectivity index (χ3v) is 6.70. The van der Waals surface area contributed by atoms with Crippen molar-refractivity contribution in [2.75, 3.05) is 19.7 Å². The summed E-state index contributed by atoms with van der Waals surface area (Å²) in [5.74, 6) is 0.233. The highest BCUT2D eigenvalue weighted by Gasteiger charge is 2.23. The van der Waals surface area contributed by atoms with E-state index in [2.05, 4.69) is 15.4 Å². The second kappa shape index (κ2) is 11.3. The molecule has 0 aliphatic heterocycles. The molecule has 2 aromatic carbocycles. The van der Waals surface area contributed by atoms with Gasteiger partial charge in [-0.25, -0.2) is 13.1 Å². The Morgan fingerprint density at radius 1 is 1.00 bits per heavy atom. The van der Waals surface area contributed by atoms with E-state index in [1.165, 1.54) is 12.1 Å². The van der Waals surface area contributed by atoms with Crippen molar-refractivity contribution in [2.45, 2.75) is 36.6 Å². The van der Waals surface area contributed by atoms with Crippen LogP contribution in [0.5, 0.6) is 5.75 Å². The van der Waals surface area contributed by atoms with Crippen LogP contribution >= 0.6 is 11.6 Å². The molecule has 0 heterocycles. The van der Waals surface area contributed by atoms with Crippen LogP contribution in [0.3, 0.4) is 0 Å². The monoisotopic (exact) mass is 479 g/mol. The molecule has 0 bridgehead atoms. The lowest BCUT2D eigenvalue weighted by atomic mass is 10.1. The number of amides is 2. The summed E-state index contributed by atoms with van der Waals surface area (Å²) in [4.78, 5) is 23.6. The first-order chi connectivity index (χ1) is 15.3. The standard InChI is InChI=1S/C22H26ClN3O5S/c23-19-3-1-2-4-20(19)32(29,30)25-14-12-21(27)24-13-11-16-5-9-18(10-6-16)31-15-22(28)26-17-7-8-17/h1-6,9-10,17,25H,7-8,11-15H2,(H,24,27)(H,26,28). The van der Waals surface area contributed by atoms with Crippen LogP contribution in [0.15, 0.2) is 53.4 Å².